The van der Waals surface area contributed by atoms with Gasteiger partial charge in [0, 0.05) is 6.42 Å². The number of rotatable bonds is 61. The third-order valence-corrected chi connectivity index (χ3v) is 18.1. The number of amides is 1. The molecule has 0 spiro atoms. The lowest BCUT2D eigenvalue weighted by Crippen LogP contribution is -2.65. The Kier molecular flexibility index (Phi) is 54.3. The van der Waals surface area contributed by atoms with E-state index in [1.54, 1.807) is 6.08 Å². The molecular formula is C73H137NO13. The number of hydrogen-bond donors (Lipinski definition) is 9. The van der Waals surface area contributed by atoms with Gasteiger partial charge in [-0.2, -0.15) is 0 Å². The van der Waals surface area contributed by atoms with Crippen LogP contribution in [0.2, 0.25) is 0 Å². The highest BCUT2D eigenvalue weighted by Gasteiger charge is 2.51. The molecule has 2 aliphatic heterocycles. The van der Waals surface area contributed by atoms with Crippen LogP contribution in [0.1, 0.15) is 328 Å². The first-order chi connectivity index (χ1) is 42.6. The van der Waals surface area contributed by atoms with Gasteiger partial charge in [0.2, 0.25) is 5.91 Å². The first kappa shape index (κ1) is 81.3. The van der Waals surface area contributed by atoms with E-state index in [2.05, 4.69) is 43.5 Å². The Hall–Kier alpha value is -1.79. The van der Waals surface area contributed by atoms with Crippen molar-refractivity contribution in [1.82, 2.24) is 5.32 Å². The summed E-state index contributed by atoms with van der Waals surface area (Å²) in [6.07, 6.45) is 58.3. The standard InChI is InChI=1S/C73H137NO13/c1-3-5-7-9-11-13-15-17-19-20-21-22-23-24-25-26-27-28-29-30-31-32-33-34-35-36-37-38-39-40-41-42-43-45-47-49-51-53-55-57-65(78)74-61(62(77)56-54-52-50-48-46-44-18-16-14-12-10-8-6-4-2)60-84-72-70(83)68(81)71(64(59-76)86-72)87-73-69(82)67(80)66(79)63(58-75)85-73/h14,16,46,48,54,56,61-64,66-73,75-77,79-83H,3-13,15,17-45,47,49-53,55,57-60H2,1-2H3,(H,74,78)/b16-14+,48-46+,56-54+. The predicted octanol–water partition coefficient (Wildman–Crippen LogP) is 15.3. The smallest absolute Gasteiger partial charge is 0.220 e. The van der Waals surface area contributed by atoms with Crippen LogP contribution in [0.25, 0.3) is 0 Å². The van der Waals surface area contributed by atoms with E-state index in [4.69, 9.17) is 18.9 Å². The van der Waals surface area contributed by atoms with Crippen LogP contribution in [0.15, 0.2) is 36.5 Å². The maximum Gasteiger partial charge on any atom is 0.220 e. The Morgan fingerprint density at radius 1 is 0.402 bits per heavy atom. The monoisotopic (exact) mass is 1240 g/mol. The Bertz CT molecular complexity index is 1600. The van der Waals surface area contributed by atoms with E-state index in [1.807, 2.05) is 6.08 Å². The lowest BCUT2D eigenvalue weighted by molar-refractivity contribution is -0.359. The second-order valence-corrected chi connectivity index (χ2v) is 26.1. The summed E-state index contributed by atoms with van der Waals surface area (Å²) in [7, 11) is 0. The molecule has 0 radical (unpaired) electrons. The molecule has 12 atom stereocenters. The van der Waals surface area contributed by atoms with Crippen LogP contribution < -0.4 is 5.32 Å². The second kappa shape index (κ2) is 58.1. The first-order valence-corrected chi connectivity index (χ1v) is 36.7. The number of carbonyl (C=O) groups is 1. The summed E-state index contributed by atoms with van der Waals surface area (Å²) in [5.41, 5.74) is 0. The first-order valence-electron chi connectivity index (χ1n) is 36.7. The van der Waals surface area contributed by atoms with Crippen LogP contribution in [0.5, 0.6) is 0 Å². The fraction of sp³-hybridized carbons (Fsp3) is 0.904. The number of ether oxygens (including phenoxy) is 4. The van der Waals surface area contributed by atoms with Gasteiger partial charge in [-0.05, 0) is 44.9 Å². The molecule has 512 valence electrons. The van der Waals surface area contributed by atoms with Gasteiger partial charge in [-0.15, -0.1) is 0 Å². The summed E-state index contributed by atoms with van der Waals surface area (Å²) >= 11 is 0. The van der Waals surface area contributed by atoms with E-state index in [1.165, 1.54) is 250 Å². The van der Waals surface area contributed by atoms with Crippen molar-refractivity contribution in [2.24, 2.45) is 0 Å². The van der Waals surface area contributed by atoms with Crippen LogP contribution in [-0.2, 0) is 23.7 Å². The van der Waals surface area contributed by atoms with Crippen molar-refractivity contribution >= 4 is 5.91 Å². The lowest BCUT2D eigenvalue weighted by atomic mass is 9.97. The molecule has 0 aromatic carbocycles. The summed E-state index contributed by atoms with van der Waals surface area (Å²) in [6.45, 7) is 2.78. The highest BCUT2D eigenvalue weighted by atomic mass is 16.7. The molecule has 12 unspecified atom stereocenters. The summed E-state index contributed by atoms with van der Waals surface area (Å²) in [5.74, 6) is -0.248. The van der Waals surface area contributed by atoms with E-state index in [-0.39, 0.29) is 18.9 Å². The van der Waals surface area contributed by atoms with Crippen LogP contribution >= 0.6 is 0 Å². The lowest BCUT2D eigenvalue weighted by Gasteiger charge is -2.46. The van der Waals surface area contributed by atoms with Crippen LogP contribution in [0, 0.1) is 0 Å². The molecule has 0 aromatic heterocycles. The molecule has 14 heteroatoms. The SMILES string of the molecule is CCCCCC/C=C/CC/C=C/CC/C=C/C(O)C(COC1OC(CO)C(OC2OC(CO)C(O)C(O)C2O)C(O)C1O)NC(=O)CCCCCCCCCCCCCCCCCCCCCCCCCCCCCCCCCCCCCCCCC. The fourth-order valence-electron chi connectivity index (χ4n) is 12.2. The quantitative estimate of drug-likeness (QED) is 0.0204. The van der Waals surface area contributed by atoms with Crippen molar-refractivity contribution in [2.45, 2.75) is 402 Å². The van der Waals surface area contributed by atoms with Gasteiger partial charge in [-0.1, -0.05) is 314 Å². The molecule has 87 heavy (non-hydrogen) atoms. The van der Waals surface area contributed by atoms with E-state index in [0.29, 0.717) is 12.8 Å². The van der Waals surface area contributed by atoms with Crippen molar-refractivity contribution < 1.29 is 64.6 Å². The topological polar surface area (TPSA) is 228 Å². The minimum Gasteiger partial charge on any atom is -0.394 e. The third kappa shape index (κ3) is 42.1. The van der Waals surface area contributed by atoms with Crippen LogP contribution in [-0.4, -0.2) is 140 Å². The van der Waals surface area contributed by atoms with E-state index < -0.39 is 86.8 Å². The van der Waals surface area contributed by atoms with Gasteiger partial charge >= 0.3 is 0 Å². The zero-order valence-corrected chi connectivity index (χ0v) is 55.8. The molecule has 2 aliphatic rings. The Balaban J connectivity index is 1.55. The van der Waals surface area contributed by atoms with Crippen molar-refractivity contribution in [2.75, 3.05) is 19.8 Å². The average Bonchev–Trinajstić information content (AvgIpc) is 3.72. The molecule has 0 aromatic rings. The van der Waals surface area contributed by atoms with E-state index >= 15 is 0 Å². The minimum absolute atomic E-state index is 0.248. The normalized spacial score (nSPS) is 23.4. The van der Waals surface area contributed by atoms with Gasteiger partial charge in [0.05, 0.1) is 32.0 Å². The maximum atomic E-state index is 13.3. The van der Waals surface area contributed by atoms with Gasteiger partial charge < -0.3 is 65.1 Å². The summed E-state index contributed by atoms with van der Waals surface area (Å²) < 4.78 is 22.8. The number of carbonyl (C=O) groups excluding carboxylic acids is 1. The molecule has 2 fully saturated rings. The molecule has 1 amide bonds. The van der Waals surface area contributed by atoms with E-state index in [0.717, 1.165) is 44.9 Å². The largest absolute Gasteiger partial charge is 0.394 e. The zero-order chi connectivity index (χ0) is 63.1. The molecule has 9 N–H and O–H groups in total. The third-order valence-electron chi connectivity index (χ3n) is 18.1. The molecule has 2 rings (SSSR count). The number of unbranched alkanes of at least 4 members (excludes halogenated alkanes) is 44. The van der Waals surface area contributed by atoms with E-state index in [9.17, 15) is 45.6 Å². The molecular weight excluding hydrogens is 1100 g/mol. The molecule has 2 saturated heterocycles. The summed E-state index contributed by atoms with van der Waals surface area (Å²) in [4.78, 5) is 13.3. The van der Waals surface area contributed by atoms with Crippen molar-refractivity contribution in [3.63, 3.8) is 0 Å². The van der Waals surface area contributed by atoms with Crippen LogP contribution in [0.4, 0.5) is 0 Å². The summed E-state index contributed by atoms with van der Waals surface area (Å²) in [5, 5.41) is 87.2. The number of aliphatic hydroxyl groups excluding tert-OH is 8. The van der Waals surface area contributed by atoms with Crippen molar-refractivity contribution in [1.29, 1.82) is 0 Å². The van der Waals surface area contributed by atoms with Gasteiger partial charge in [0.15, 0.2) is 12.6 Å². The maximum absolute atomic E-state index is 13.3. The second-order valence-electron chi connectivity index (χ2n) is 26.1. The van der Waals surface area contributed by atoms with Gasteiger partial charge in [-0.25, -0.2) is 0 Å². The molecule has 0 bridgehead atoms. The highest BCUT2D eigenvalue weighted by molar-refractivity contribution is 5.76. The van der Waals surface area contributed by atoms with Crippen LogP contribution in [0.3, 0.4) is 0 Å². The van der Waals surface area contributed by atoms with Gasteiger partial charge in [0.25, 0.3) is 0 Å². The predicted molar refractivity (Wildman–Crippen MR) is 355 cm³/mol. The molecule has 0 aliphatic carbocycles. The Labute approximate surface area is 531 Å². The minimum atomic E-state index is -1.79. The summed E-state index contributed by atoms with van der Waals surface area (Å²) in [6, 6.07) is -0.936. The zero-order valence-electron chi connectivity index (χ0n) is 55.8. The van der Waals surface area contributed by atoms with Gasteiger partial charge in [0.1, 0.15) is 48.8 Å². The Morgan fingerprint density at radius 2 is 0.736 bits per heavy atom. The Morgan fingerprint density at radius 3 is 1.13 bits per heavy atom. The molecule has 0 saturated carbocycles. The number of nitrogens with one attached hydrogen (secondary N) is 1. The van der Waals surface area contributed by atoms with Gasteiger partial charge in [-0.3, -0.25) is 4.79 Å². The number of hydrogen-bond acceptors (Lipinski definition) is 13. The molecule has 14 nitrogen and oxygen atoms in total. The number of allylic oxidation sites excluding steroid dienone is 5. The van der Waals surface area contributed by atoms with Crippen molar-refractivity contribution in [3.05, 3.63) is 36.5 Å². The van der Waals surface area contributed by atoms with Crippen molar-refractivity contribution in [3.8, 4) is 0 Å². The number of aliphatic hydroxyl groups is 8. The fourth-order valence-corrected chi connectivity index (χ4v) is 12.2. The average molecular weight is 1240 g/mol. The highest BCUT2D eigenvalue weighted by Crippen LogP contribution is 2.30. The molecule has 2 heterocycles.